The Bertz CT molecular complexity index is 547. The Hall–Kier alpha value is -2.11. The molecule has 0 bridgehead atoms. The van der Waals surface area contributed by atoms with E-state index in [1.54, 1.807) is 17.9 Å². The molecule has 0 saturated heterocycles. The summed E-state index contributed by atoms with van der Waals surface area (Å²) in [4.78, 5) is 12.0. The van der Waals surface area contributed by atoms with E-state index >= 15 is 0 Å². The standard InChI is InChI=1S/C11H15N5O/c1-6-10(7(2)15-14-6)13-11(17)9-5-12-16(4)8(9)3/h5H,1-4H3,(H,13,17)(H,14,15). The molecule has 6 nitrogen and oxygen atoms in total. The van der Waals surface area contributed by atoms with E-state index in [0.29, 0.717) is 5.56 Å². The molecule has 0 aliphatic carbocycles. The number of amides is 1. The molecule has 0 aliphatic rings. The van der Waals surface area contributed by atoms with E-state index < -0.39 is 0 Å². The topological polar surface area (TPSA) is 75.6 Å². The highest BCUT2D eigenvalue weighted by atomic mass is 16.1. The Morgan fingerprint density at radius 2 is 2.12 bits per heavy atom. The summed E-state index contributed by atoms with van der Waals surface area (Å²) in [5.74, 6) is -0.164. The van der Waals surface area contributed by atoms with E-state index in [2.05, 4.69) is 20.6 Å². The fourth-order valence-electron chi connectivity index (χ4n) is 1.64. The molecule has 0 atom stereocenters. The average Bonchev–Trinajstić information content (AvgIpc) is 2.77. The molecule has 0 aliphatic heterocycles. The van der Waals surface area contributed by atoms with E-state index in [1.165, 1.54) is 0 Å². The van der Waals surface area contributed by atoms with Crippen LogP contribution in [0.5, 0.6) is 0 Å². The summed E-state index contributed by atoms with van der Waals surface area (Å²) in [6.45, 7) is 5.57. The van der Waals surface area contributed by atoms with Crippen molar-refractivity contribution in [3.8, 4) is 0 Å². The van der Waals surface area contributed by atoms with Gasteiger partial charge in [0.25, 0.3) is 5.91 Å². The van der Waals surface area contributed by atoms with Crippen LogP contribution in [0.3, 0.4) is 0 Å². The average molecular weight is 233 g/mol. The van der Waals surface area contributed by atoms with Gasteiger partial charge in [-0.05, 0) is 20.8 Å². The summed E-state index contributed by atoms with van der Waals surface area (Å²) in [7, 11) is 1.81. The van der Waals surface area contributed by atoms with Crippen molar-refractivity contribution in [3.05, 3.63) is 28.8 Å². The van der Waals surface area contributed by atoms with E-state index in [1.807, 2.05) is 20.8 Å². The zero-order valence-corrected chi connectivity index (χ0v) is 10.3. The molecule has 0 unspecified atom stereocenters. The quantitative estimate of drug-likeness (QED) is 0.821. The number of carbonyl (C=O) groups is 1. The fourth-order valence-corrected chi connectivity index (χ4v) is 1.64. The second kappa shape index (κ2) is 4.04. The molecular weight excluding hydrogens is 218 g/mol. The maximum Gasteiger partial charge on any atom is 0.259 e. The highest BCUT2D eigenvalue weighted by Crippen LogP contribution is 2.17. The highest BCUT2D eigenvalue weighted by molar-refractivity contribution is 6.05. The first-order valence-corrected chi connectivity index (χ1v) is 5.32. The van der Waals surface area contributed by atoms with Gasteiger partial charge < -0.3 is 5.32 Å². The number of aryl methyl sites for hydroxylation is 3. The van der Waals surface area contributed by atoms with Crippen molar-refractivity contribution < 1.29 is 4.79 Å². The Balaban J connectivity index is 2.26. The first-order valence-electron chi connectivity index (χ1n) is 5.32. The van der Waals surface area contributed by atoms with E-state index in [-0.39, 0.29) is 5.91 Å². The minimum absolute atomic E-state index is 0.164. The van der Waals surface area contributed by atoms with Crippen molar-refractivity contribution in [1.82, 2.24) is 20.0 Å². The minimum atomic E-state index is -0.164. The Labute approximate surface area is 99.0 Å². The van der Waals surface area contributed by atoms with Crippen LogP contribution in [0.2, 0.25) is 0 Å². The summed E-state index contributed by atoms with van der Waals surface area (Å²) >= 11 is 0. The zero-order valence-electron chi connectivity index (χ0n) is 10.3. The van der Waals surface area contributed by atoms with Gasteiger partial charge in [0.15, 0.2) is 0 Å². The van der Waals surface area contributed by atoms with Crippen LogP contribution < -0.4 is 5.32 Å². The van der Waals surface area contributed by atoms with Gasteiger partial charge in [0, 0.05) is 12.7 Å². The lowest BCUT2D eigenvalue weighted by atomic mass is 10.2. The van der Waals surface area contributed by atoms with Gasteiger partial charge in [-0.3, -0.25) is 14.6 Å². The molecule has 90 valence electrons. The summed E-state index contributed by atoms with van der Waals surface area (Å²) in [5.41, 5.74) is 3.77. The summed E-state index contributed by atoms with van der Waals surface area (Å²) in [6, 6.07) is 0. The Morgan fingerprint density at radius 3 is 2.59 bits per heavy atom. The number of hydrogen-bond donors (Lipinski definition) is 2. The molecule has 0 aromatic carbocycles. The number of aromatic nitrogens is 4. The van der Waals surface area contributed by atoms with Gasteiger partial charge in [-0.15, -0.1) is 0 Å². The number of carbonyl (C=O) groups excluding carboxylic acids is 1. The third-order valence-electron chi connectivity index (χ3n) is 2.85. The lowest BCUT2D eigenvalue weighted by Crippen LogP contribution is -2.14. The monoisotopic (exact) mass is 233 g/mol. The SMILES string of the molecule is Cc1n[nH]c(C)c1NC(=O)c1cnn(C)c1C. The van der Waals surface area contributed by atoms with Crippen molar-refractivity contribution in [2.75, 3.05) is 5.32 Å². The van der Waals surface area contributed by atoms with Crippen LogP contribution in [0.4, 0.5) is 5.69 Å². The highest BCUT2D eigenvalue weighted by Gasteiger charge is 2.15. The molecule has 2 heterocycles. The second-order valence-electron chi connectivity index (χ2n) is 4.03. The first-order chi connectivity index (χ1) is 8.00. The molecule has 0 saturated carbocycles. The van der Waals surface area contributed by atoms with Crippen LogP contribution in [-0.2, 0) is 7.05 Å². The van der Waals surface area contributed by atoms with Gasteiger partial charge in [0.05, 0.1) is 28.8 Å². The molecule has 2 aromatic rings. The summed E-state index contributed by atoms with van der Waals surface area (Å²) in [5, 5.41) is 13.7. The number of nitrogens with one attached hydrogen (secondary N) is 2. The summed E-state index contributed by atoms with van der Waals surface area (Å²) < 4.78 is 1.67. The van der Waals surface area contributed by atoms with Crippen molar-refractivity contribution in [3.63, 3.8) is 0 Å². The molecule has 0 radical (unpaired) electrons. The van der Waals surface area contributed by atoms with Crippen LogP contribution in [0.15, 0.2) is 6.20 Å². The van der Waals surface area contributed by atoms with Gasteiger partial charge in [0.1, 0.15) is 0 Å². The van der Waals surface area contributed by atoms with E-state index in [0.717, 1.165) is 22.8 Å². The number of nitrogens with zero attached hydrogens (tertiary/aromatic N) is 3. The van der Waals surface area contributed by atoms with Crippen LogP contribution in [-0.4, -0.2) is 25.9 Å². The molecular formula is C11H15N5O. The molecule has 0 spiro atoms. The van der Waals surface area contributed by atoms with Crippen LogP contribution >= 0.6 is 0 Å². The summed E-state index contributed by atoms with van der Waals surface area (Å²) in [6.07, 6.45) is 1.56. The van der Waals surface area contributed by atoms with Crippen molar-refractivity contribution in [2.24, 2.45) is 7.05 Å². The van der Waals surface area contributed by atoms with Crippen LogP contribution in [0.25, 0.3) is 0 Å². The van der Waals surface area contributed by atoms with Crippen molar-refractivity contribution in [2.45, 2.75) is 20.8 Å². The van der Waals surface area contributed by atoms with E-state index in [9.17, 15) is 4.79 Å². The Morgan fingerprint density at radius 1 is 1.41 bits per heavy atom. The van der Waals surface area contributed by atoms with Gasteiger partial charge in [-0.1, -0.05) is 0 Å². The molecule has 2 aromatic heterocycles. The number of aromatic amines is 1. The van der Waals surface area contributed by atoms with Gasteiger partial charge in [-0.2, -0.15) is 10.2 Å². The number of rotatable bonds is 2. The smallest absolute Gasteiger partial charge is 0.259 e. The number of hydrogen-bond acceptors (Lipinski definition) is 3. The third-order valence-corrected chi connectivity index (χ3v) is 2.85. The minimum Gasteiger partial charge on any atom is -0.319 e. The number of H-pyrrole nitrogens is 1. The lowest BCUT2D eigenvalue weighted by Gasteiger charge is -2.04. The van der Waals surface area contributed by atoms with Crippen LogP contribution in [0.1, 0.15) is 27.4 Å². The molecule has 6 heteroatoms. The predicted octanol–water partition coefficient (Wildman–Crippen LogP) is 1.32. The van der Waals surface area contributed by atoms with Gasteiger partial charge in [-0.25, -0.2) is 0 Å². The normalized spacial score (nSPS) is 10.6. The fraction of sp³-hybridized carbons (Fsp3) is 0.364. The second-order valence-corrected chi connectivity index (χ2v) is 4.03. The molecule has 1 amide bonds. The largest absolute Gasteiger partial charge is 0.319 e. The number of anilines is 1. The zero-order chi connectivity index (χ0) is 12.6. The predicted molar refractivity (Wildman–Crippen MR) is 64.0 cm³/mol. The van der Waals surface area contributed by atoms with Gasteiger partial charge in [0.2, 0.25) is 0 Å². The van der Waals surface area contributed by atoms with Crippen LogP contribution in [0, 0.1) is 20.8 Å². The Kier molecular flexibility index (Phi) is 2.71. The molecule has 0 fully saturated rings. The van der Waals surface area contributed by atoms with Crippen molar-refractivity contribution >= 4 is 11.6 Å². The maximum absolute atomic E-state index is 12.0. The van der Waals surface area contributed by atoms with E-state index in [4.69, 9.17) is 0 Å². The molecule has 2 rings (SSSR count). The first kappa shape index (κ1) is 11.4. The van der Waals surface area contributed by atoms with Gasteiger partial charge >= 0.3 is 0 Å². The molecule has 17 heavy (non-hydrogen) atoms. The van der Waals surface area contributed by atoms with Crippen molar-refractivity contribution in [1.29, 1.82) is 0 Å². The third kappa shape index (κ3) is 1.93. The molecule has 2 N–H and O–H groups in total. The maximum atomic E-state index is 12.0. The lowest BCUT2D eigenvalue weighted by molar-refractivity contribution is 0.102.